The average molecular weight is 376 g/mol. The molecule has 136 valence electrons. The van der Waals surface area contributed by atoms with Gasteiger partial charge in [-0.2, -0.15) is 0 Å². The van der Waals surface area contributed by atoms with E-state index >= 15 is 0 Å². The molecule has 0 spiro atoms. The van der Waals surface area contributed by atoms with Crippen LogP contribution in [0.5, 0.6) is 0 Å². The summed E-state index contributed by atoms with van der Waals surface area (Å²) in [5.41, 5.74) is 2.22. The van der Waals surface area contributed by atoms with Crippen molar-refractivity contribution in [3.05, 3.63) is 90.5 Å². The van der Waals surface area contributed by atoms with Gasteiger partial charge in [-0.1, -0.05) is 54.6 Å². The summed E-state index contributed by atoms with van der Waals surface area (Å²) < 4.78 is 0. The fourth-order valence-electron chi connectivity index (χ4n) is 2.62. The minimum absolute atomic E-state index is 0.116. The first-order valence-corrected chi connectivity index (χ1v) is 9.45. The summed E-state index contributed by atoms with van der Waals surface area (Å²) in [6.07, 6.45) is 0. The van der Waals surface area contributed by atoms with E-state index in [9.17, 15) is 9.59 Å². The van der Waals surface area contributed by atoms with Crippen molar-refractivity contribution in [3.63, 3.8) is 0 Å². The summed E-state index contributed by atoms with van der Waals surface area (Å²) >= 11 is 1.50. The van der Waals surface area contributed by atoms with E-state index in [1.165, 1.54) is 18.7 Å². The Morgan fingerprint density at radius 1 is 0.778 bits per heavy atom. The topological polar surface area (TPSA) is 58.2 Å². The molecular weight excluding hydrogens is 356 g/mol. The van der Waals surface area contributed by atoms with Gasteiger partial charge >= 0.3 is 0 Å². The first-order chi connectivity index (χ1) is 13.1. The van der Waals surface area contributed by atoms with Crippen LogP contribution in [0, 0.1) is 0 Å². The summed E-state index contributed by atoms with van der Waals surface area (Å²) in [6, 6.07) is 26.7. The number of hydrogen-bond acceptors (Lipinski definition) is 3. The van der Waals surface area contributed by atoms with Crippen LogP contribution in [0.4, 0.5) is 11.4 Å². The highest BCUT2D eigenvalue weighted by Gasteiger charge is 2.22. The standard InChI is InChI=1S/C22H20N2O2S/c1-16(25)23-18-11-8-12-19(15-18)24-22(26)21(17-9-4-2-5-10-17)27-20-13-6-3-7-14-20/h2-15,21H,1H3,(H,23,25)(H,24,26). The van der Waals surface area contributed by atoms with Crippen molar-refractivity contribution in [2.24, 2.45) is 0 Å². The Morgan fingerprint density at radius 3 is 2.00 bits per heavy atom. The van der Waals surface area contributed by atoms with Gasteiger partial charge in [0.2, 0.25) is 11.8 Å². The van der Waals surface area contributed by atoms with Crippen molar-refractivity contribution in [1.29, 1.82) is 0 Å². The molecule has 3 aromatic rings. The van der Waals surface area contributed by atoms with E-state index in [1.807, 2.05) is 60.7 Å². The predicted molar refractivity (Wildman–Crippen MR) is 111 cm³/mol. The molecule has 0 saturated heterocycles. The van der Waals surface area contributed by atoms with Crippen molar-refractivity contribution < 1.29 is 9.59 Å². The Balaban J connectivity index is 1.82. The van der Waals surface area contributed by atoms with Gasteiger partial charge in [0.05, 0.1) is 0 Å². The van der Waals surface area contributed by atoms with Crippen molar-refractivity contribution in [2.45, 2.75) is 17.1 Å². The minimum Gasteiger partial charge on any atom is -0.326 e. The van der Waals surface area contributed by atoms with Crippen molar-refractivity contribution in [2.75, 3.05) is 10.6 Å². The van der Waals surface area contributed by atoms with E-state index in [4.69, 9.17) is 0 Å². The maximum Gasteiger partial charge on any atom is 0.242 e. The van der Waals surface area contributed by atoms with Gasteiger partial charge in [-0.15, -0.1) is 11.8 Å². The number of rotatable bonds is 6. The zero-order valence-corrected chi connectivity index (χ0v) is 15.7. The zero-order chi connectivity index (χ0) is 19.1. The number of amides is 2. The normalized spacial score (nSPS) is 11.4. The van der Waals surface area contributed by atoms with E-state index in [1.54, 1.807) is 24.3 Å². The molecule has 0 bridgehead atoms. The molecule has 0 aliphatic heterocycles. The Hall–Kier alpha value is -3.05. The Kier molecular flexibility index (Phi) is 6.28. The van der Waals surface area contributed by atoms with E-state index in [2.05, 4.69) is 10.6 Å². The van der Waals surface area contributed by atoms with Gasteiger partial charge in [0.15, 0.2) is 0 Å². The van der Waals surface area contributed by atoms with Crippen molar-refractivity contribution in [3.8, 4) is 0 Å². The molecule has 5 heteroatoms. The molecule has 1 unspecified atom stereocenters. The van der Waals surface area contributed by atoms with E-state index < -0.39 is 5.25 Å². The molecule has 1 atom stereocenters. The van der Waals surface area contributed by atoms with Gasteiger partial charge < -0.3 is 10.6 Å². The van der Waals surface area contributed by atoms with Crippen LogP contribution in [0.15, 0.2) is 89.8 Å². The van der Waals surface area contributed by atoms with Crippen molar-refractivity contribution in [1.82, 2.24) is 0 Å². The second-order valence-electron chi connectivity index (χ2n) is 5.97. The first kappa shape index (κ1) is 18.7. The summed E-state index contributed by atoms with van der Waals surface area (Å²) in [7, 11) is 0. The van der Waals surface area contributed by atoms with E-state index in [-0.39, 0.29) is 11.8 Å². The first-order valence-electron chi connectivity index (χ1n) is 8.57. The maximum atomic E-state index is 13.0. The van der Waals surface area contributed by atoms with Gasteiger partial charge in [0, 0.05) is 23.2 Å². The molecule has 0 radical (unpaired) electrons. The highest BCUT2D eigenvalue weighted by Crippen LogP contribution is 2.36. The fourth-order valence-corrected chi connectivity index (χ4v) is 3.67. The molecular formula is C22H20N2O2S. The van der Waals surface area contributed by atoms with Gasteiger partial charge in [-0.05, 0) is 35.9 Å². The molecule has 0 saturated carbocycles. The second kappa shape index (κ2) is 9.05. The number of anilines is 2. The van der Waals surface area contributed by atoms with E-state index in [0.29, 0.717) is 11.4 Å². The van der Waals surface area contributed by atoms with Crippen LogP contribution in [0.1, 0.15) is 17.7 Å². The Morgan fingerprint density at radius 2 is 1.37 bits per heavy atom. The molecule has 27 heavy (non-hydrogen) atoms. The molecule has 3 rings (SSSR count). The molecule has 0 aromatic heterocycles. The molecule has 2 N–H and O–H groups in total. The average Bonchev–Trinajstić information content (AvgIpc) is 2.67. The molecule has 0 aliphatic rings. The van der Waals surface area contributed by atoms with Crippen LogP contribution in [-0.4, -0.2) is 11.8 Å². The largest absolute Gasteiger partial charge is 0.326 e. The van der Waals surface area contributed by atoms with Crippen LogP contribution in [0.3, 0.4) is 0 Å². The molecule has 2 amide bonds. The third-order valence-corrected chi connectivity index (χ3v) is 5.05. The smallest absolute Gasteiger partial charge is 0.242 e. The number of thioether (sulfide) groups is 1. The van der Waals surface area contributed by atoms with Crippen LogP contribution >= 0.6 is 11.8 Å². The van der Waals surface area contributed by atoms with E-state index in [0.717, 1.165) is 10.5 Å². The molecule has 0 fully saturated rings. The summed E-state index contributed by atoms with van der Waals surface area (Å²) in [6.45, 7) is 1.45. The lowest BCUT2D eigenvalue weighted by molar-refractivity contribution is -0.116. The Labute approximate surface area is 163 Å². The summed E-state index contributed by atoms with van der Waals surface area (Å²) in [5.74, 6) is -0.268. The maximum absolute atomic E-state index is 13.0. The Bertz CT molecular complexity index is 914. The van der Waals surface area contributed by atoms with Gasteiger partial charge in [-0.25, -0.2) is 0 Å². The lowest BCUT2D eigenvalue weighted by atomic mass is 10.1. The van der Waals surface area contributed by atoms with Gasteiger partial charge in [-0.3, -0.25) is 9.59 Å². The fraction of sp³-hybridized carbons (Fsp3) is 0.0909. The highest BCUT2D eigenvalue weighted by molar-refractivity contribution is 8.00. The van der Waals surface area contributed by atoms with Crippen LogP contribution in [-0.2, 0) is 9.59 Å². The monoisotopic (exact) mass is 376 g/mol. The van der Waals surface area contributed by atoms with Crippen LogP contribution in [0.2, 0.25) is 0 Å². The summed E-state index contributed by atoms with van der Waals surface area (Å²) in [4.78, 5) is 25.3. The third kappa shape index (κ3) is 5.46. The molecule has 3 aromatic carbocycles. The van der Waals surface area contributed by atoms with Gasteiger partial charge in [0.25, 0.3) is 0 Å². The number of carbonyl (C=O) groups excluding carboxylic acids is 2. The highest BCUT2D eigenvalue weighted by atomic mass is 32.2. The molecule has 0 heterocycles. The third-order valence-electron chi connectivity index (χ3n) is 3.79. The lowest BCUT2D eigenvalue weighted by Gasteiger charge is -2.17. The lowest BCUT2D eigenvalue weighted by Crippen LogP contribution is -2.19. The van der Waals surface area contributed by atoms with Crippen LogP contribution in [0.25, 0.3) is 0 Å². The number of carbonyl (C=O) groups is 2. The van der Waals surface area contributed by atoms with Gasteiger partial charge in [0.1, 0.15) is 5.25 Å². The molecule has 0 aliphatic carbocycles. The molecule has 4 nitrogen and oxygen atoms in total. The SMILES string of the molecule is CC(=O)Nc1cccc(NC(=O)C(Sc2ccccc2)c2ccccc2)c1. The number of nitrogens with one attached hydrogen (secondary N) is 2. The number of hydrogen-bond donors (Lipinski definition) is 2. The predicted octanol–water partition coefficient (Wildman–Crippen LogP) is 5.12. The zero-order valence-electron chi connectivity index (χ0n) is 14.9. The van der Waals surface area contributed by atoms with Crippen molar-refractivity contribution >= 4 is 35.0 Å². The van der Waals surface area contributed by atoms with Crippen LogP contribution < -0.4 is 10.6 Å². The quantitative estimate of drug-likeness (QED) is 0.587. The summed E-state index contributed by atoms with van der Waals surface area (Å²) in [5, 5.41) is 5.30. The number of benzene rings is 3. The minimum atomic E-state index is -0.391. The second-order valence-corrected chi connectivity index (χ2v) is 7.15.